The summed E-state index contributed by atoms with van der Waals surface area (Å²) in [6.07, 6.45) is 0.799. The smallest absolute Gasteiger partial charge is 0.151 e. The maximum absolute atomic E-state index is 10.6. The molecule has 2 nitrogen and oxygen atoms in total. The summed E-state index contributed by atoms with van der Waals surface area (Å²) >= 11 is 0. The van der Waals surface area contributed by atoms with E-state index in [1.165, 1.54) is 5.92 Å². The number of aldehydes is 1. The van der Waals surface area contributed by atoms with Crippen LogP contribution in [-0.2, 0) is 32.7 Å². The van der Waals surface area contributed by atoms with E-state index in [4.69, 9.17) is 4.74 Å². The minimum absolute atomic E-state index is 0. The first-order chi connectivity index (χ1) is 6.19. The Morgan fingerprint density at radius 1 is 1.33 bits per heavy atom. The topological polar surface area (TPSA) is 26.3 Å². The first kappa shape index (κ1) is 17.1. The molecule has 15 heavy (non-hydrogen) atoms. The Morgan fingerprint density at radius 2 is 1.93 bits per heavy atom. The number of carbonyl (C=O) groups excluding carboxylic acids is 1. The van der Waals surface area contributed by atoms with E-state index in [-0.39, 0.29) is 40.1 Å². The summed E-state index contributed by atoms with van der Waals surface area (Å²) in [7, 11) is 1.57. The molecule has 0 fully saturated rings. The summed E-state index contributed by atoms with van der Waals surface area (Å²) < 4.78 is 5.08. The van der Waals surface area contributed by atoms with Gasteiger partial charge in [0, 0.05) is 38.3 Å². The van der Waals surface area contributed by atoms with Crippen molar-refractivity contribution >= 4 is 6.29 Å². The van der Waals surface area contributed by atoms with Crippen molar-refractivity contribution in [1.29, 1.82) is 0 Å². The fourth-order valence-electron chi connectivity index (χ4n) is 1.12. The van der Waals surface area contributed by atoms with E-state index in [2.05, 4.69) is 0 Å². The van der Waals surface area contributed by atoms with E-state index in [1.807, 2.05) is 26.0 Å². The third-order valence-electron chi connectivity index (χ3n) is 1.94. The SMILES string of the molecule is COc1cc([C-](C)C)ccc1C=O.[CH3-].[Y]. The molecule has 0 aromatic heterocycles. The Bertz CT molecular complexity index is 308. The molecule has 0 aliphatic carbocycles. The van der Waals surface area contributed by atoms with Gasteiger partial charge in [-0.25, -0.2) is 0 Å². The van der Waals surface area contributed by atoms with Crippen LogP contribution in [0.3, 0.4) is 0 Å². The van der Waals surface area contributed by atoms with Crippen molar-refractivity contribution < 1.29 is 42.2 Å². The standard InChI is InChI=1S/C11H13O2.CH3.Y/c1-8(2)9-4-5-10(7-12)11(6-9)13-3;;/h4-7H,1-3H3;1H3;/q2*-1;. The monoisotopic (exact) mass is 281 g/mol. The Morgan fingerprint density at radius 3 is 2.33 bits per heavy atom. The maximum atomic E-state index is 10.6. The number of hydrogen-bond acceptors (Lipinski definition) is 2. The zero-order valence-corrected chi connectivity index (χ0v) is 12.5. The molecule has 3 heteroatoms. The van der Waals surface area contributed by atoms with E-state index in [0.717, 1.165) is 11.8 Å². The van der Waals surface area contributed by atoms with E-state index < -0.39 is 0 Å². The molecule has 0 saturated carbocycles. The number of rotatable bonds is 3. The maximum Gasteiger partial charge on any atom is 0.151 e. The first-order valence-electron chi connectivity index (χ1n) is 4.12. The molecule has 0 heterocycles. The average molecular weight is 281 g/mol. The van der Waals surface area contributed by atoms with E-state index in [0.29, 0.717) is 11.3 Å². The van der Waals surface area contributed by atoms with Gasteiger partial charge in [0.25, 0.3) is 0 Å². The minimum atomic E-state index is 0. The molecular formula is C12H16O2Y-2. The molecule has 0 spiro atoms. The van der Waals surface area contributed by atoms with Crippen molar-refractivity contribution in [2.75, 3.05) is 7.11 Å². The van der Waals surface area contributed by atoms with Crippen molar-refractivity contribution in [3.63, 3.8) is 0 Å². The van der Waals surface area contributed by atoms with Gasteiger partial charge >= 0.3 is 0 Å². The predicted molar refractivity (Wildman–Crippen MR) is 58.5 cm³/mol. The fraction of sp³-hybridized carbons (Fsp3) is 0.250. The molecule has 0 aliphatic rings. The molecule has 0 bridgehead atoms. The van der Waals surface area contributed by atoms with Crippen LogP contribution in [0.15, 0.2) is 18.2 Å². The van der Waals surface area contributed by atoms with Gasteiger partial charge in [-0.05, 0) is 0 Å². The van der Waals surface area contributed by atoms with Crippen LogP contribution in [0.25, 0.3) is 0 Å². The average Bonchev–Trinajstić information content (AvgIpc) is 2.16. The van der Waals surface area contributed by atoms with Gasteiger partial charge in [0.1, 0.15) is 0 Å². The van der Waals surface area contributed by atoms with Crippen molar-refractivity contribution in [3.8, 4) is 5.75 Å². The van der Waals surface area contributed by atoms with Gasteiger partial charge in [0.2, 0.25) is 0 Å². The molecule has 81 valence electrons. The van der Waals surface area contributed by atoms with Crippen LogP contribution in [0.1, 0.15) is 29.8 Å². The van der Waals surface area contributed by atoms with Gasteiger partial charge in [-0.15, -0.1) is 12.1 Å². The van der Waals surface area contributed by atoms with Crippen LogP contribution >= 0.6 is 0 Å². The fourth-order valence-corrected chi connectivity index (χ4v) is 1.12. The van der Waals surface area contributed by atoms with Crippen molar-refractivity contribution in [2.24, 2.45) is 0 Å². The van der Waals surface area contributed by atoms with Gasteiger partial charge in [-0.3, -0.25) is 4.79 Å². The van der Waals surface area contributed by atoms with Crippen LogP contribution in [0, 0.1) is 13.3 Å². The molecule has 0 aliphatic heterocycles. The Balaban J connectivity index is 0. The second kappa shape index (κ2) is 7.89. The number of methoxy groups -OCH3 is 1. The number of benzene rings is 1. The second-order valence-corrected chi connectivity index (χ2v) is 3.07. The molecule has 0 saturated heterocycles. The van der Waals surface area contributed by atoms with Crippen molar-refractivity contribution in [1.82, 2.24) is 0 Å². The van der Waals surface area contributed by atoms with Crippen LogP contribution in [0.4, 0.5) is 0 Å². The minimum Gasteiger partial charge on any atom is -0.509 e. The first-order valence-corrected chi connectivity index (χ1v) is 4.12. The summed E-state index contributed by atoms with van der Waals surface area (Å²) in [5.41, 5.74) is 1.69. The molecule has 1 radical (unpaired) electrons. The summed E-state index contributed by atoms with van der Waals surface area (Å²) in [6.45, 7) is 4.05. The molecule has 0 N–H and O–H groups in total. The molecule has 0 atom stereocenters. The normalized spacial score (nSPS) is 8.20. The van der Waals surface area contributed by atoms with Crippen LogP contribution < -0.4 is 4.74 Å². The van der Waals surface area contributed by atoms with Crippen molar-refractivity contribution in [2.45, 2.75) is 13.8 Å². The van der Waals surface area contributed by atoms with Crippen LogP contribution in [0.5, 0.6) is 5.75 Å². The number of carbonyl (C=O) groups is 1. The van der Waals surface area contributed by atoms with E-state index in [9.17, 15) is 4.79 Å². The molecule has 1 aromatic rings. The van der Waals surface area contributed by atoms with Gasteiger partial charge < -0.3 is 12.2 Å². The third kappa shape index (κ3) is 4.35. The Hall–Kier alpha value is -0.336. The second-order valence-electron chi connectivity index (χ2n) is 3.07. The van der Waals surface area contributed by atoms with E-state index in [1.54, 1.807) is 13.2 Å². The Kier molecular flexibility index (Phi) is 8.98. The third-order valence-corrected chi connectivity index (χ3v) is 1.94. The molecule has 1 rings (SSSR count). The predicted octanol–water partition coefficient (Wildman–Crippen LogP) is 2.92. The van der Waals surface area contributed by atoms with E-state index >= 15 is 0 Å². The van der Waals surface area contributed by atoms with Gasteiger partial charge in [-0.2, -0.15) is 17.5 Å². The quantitative estimate of drug-likeness (QED) is 0.629. The molecule has 0 unspecified atom stereocenters. The summed E-state index contributed by atoms with van der Waals surface area (Å²) in [4.78, 5) is 10.6. The Labute approximate surface area is 117 Å². The summed E-state index contributed by atoms with van der Waals surface area (Å²) in [5, 5.41) is 0. The molecular weight excluding hydrogens is 265 g/mol. The van der Waals surface area contributed by atoms with Crippen LogP contribution in [0.2, 0.25) is 0 Å². The molecule has 0 amide bonds. The zero-order chi connectivity index (χ0) is 9.84. The number of ether oxygens (including phenoxy) is 1. The van der Waals surface area contributed by atoms with Crippen molar-refractivity contribution in [3.05, 3.63) is 42.7 Å². The zero-order valence-electron chi connectivity index (χ0n) is 9.70. The van der Waals surface area contributed by atoms with Gasteiger partial charge in [0.15, 0.2) is 6.29 Å². The largest absolute Gasteiger partial charge is 0.509 e. The van der Waals surface area contributed by atoms with Gasteiger partial charge in [-0.1, -0.05) is 13.8 Å². The van der Waals surface area contributed by atoms with Gasteiger partial charge in [0.05, 0.1) is 12.9 Å². The number of hydrogen-bond donors (Lipinski definition) is 0. The summed E-state index contributed by atoms with van der Waals surface area (Å²) in [5.74, 6) is 1.84. The van der Waals surface area contributed by atoms with Crippen LogP contribution in [-0.4, -0.2) is 13.4 Å². The molecule has 1 aromatic carbocycles. The summed E-state index contributed by atoms with van der Waals surface area (Å²) in [6, 6.07) is 5.56.